The second-order valence-electron chi connectivity index (χ2n) is 9.13. The molecule has 0 bridgehead atoms. The number of ether oxygens (including phenoxy) is 1. The molecule has 0 amide bonds. The molecule has 0 aromatic heterocycles. The minimum Gasteiger partial charge on any atom is -0.503 e. The van der Waals surface area contributed by atoms with Crippen LogP contribution in [0.5, 0.6) is 11.5 Å². The number of ketones is 1. The molecule has 1 aliphatic carbocycles. The number of nitrogens with two attached hydrogens (primary N) is 1. The molecule has 1 unspecified atom stereocenters. The molecule has 9 heteroatoms. The van der Waals surface area contributed by atoms with Crippen molar-refractivity contribution in [2.45, 2.75) is 32.6 Å². The number of phenols is 1. The number of hydrogen-bond acceptors (Lipinski definition) is 6. The average Bonchev–Trinajstić information content (AvgIpc) is 2.75. The van der Waals surface area contributed by atoms with E-state index in [-0.39, 0.29) is 40.8 Å². The van der Waals surface area contributed by atoms with Crippen molar-refractivity contribution in [3.8, 4) is 17.6 Å². The topological polar surface area (TPSA) is 99.6 Å². The standard InChI is InChI=1S/C25H22BrF2N3O3/c1-25(2)9-18-22(19(32)10-25)21(12-6-15(26)23(33)20(7-12)34-3)14(11-29)24(30)31(18)17-5-4-13(27)8-16(17)28/h4-8,21,33H,9-10,30H2,1-3H3. The summed E-state index contributed by atoms with van der Waals surface area (Å²) >= 11 is 3.29. The molecule has 3 N–H and O–H groups in total. The number of carbonyl (C=O) groups excluding carboxylic acids is 1. The highest BCUT2D eigenvalue weighted by atomic mass is 79.9. The number of anilines is 1. The first-order valence-corrected chi connectivity index (χ1v) is 11.3. The highest BCUT2D eigenvalue weighted by Gasteiger charge is 2.45. The molecular weight excluding hydrogens is 508 g/mol. The lowest BCUT2D eigenvalue weighted by Gasteiger charge is -2.43. The van der Waals surface area contributed by atoms with Crippen LogP contribution in [0.1, 0.15) is 38.2 Å². The molecule has 2 aliphatic rings. The summed E-state index contributed by atoms with van der Waals surface area (Å²) in [5, 5.41) is 20.4. The summed E-state index contributed by atoms with van der Waals surface area (Å²) in [4.78, 5) is 14.9. The third-order valence-electron chi connectivity index (χ3n) is 6.14. The Morgan fingerprint density at radius 3 is 2.59 bits per heavy atom. The molecule has 1 heterocycles. The molecule has 6 nitrogen and oxygen atoms in total. The van der Waals surface area contributed by atoms with Crippen LogP contribution in [0, 0.1) is 28.4 Å². The predicted octanol–water partition coefficient (Wildman–Crippen LogP) is 5.38. The summed E-state index contributed by atoms with van der Waals surface area (Å²) < 4.78 is 34.1. The van der Waals surface area contributed by atoms with Gasteiger partial charge in [-0.1, -0.05) is 13.8 Å². The maximum absolute atomic E-state index is 14.9. The van der Waals surface area contributed by atoms with E-state index in [1.807, 2.05) is 13.8 Å². The van der Waals surface area contributed by atoms with Gasteiger partial charge in [-0.3, -0.25) is 9.69 Å². The van der Waals surface area contributed by atoms with Crippen LogP contribution in [0.2, 0.25) is 0 Å². The van der Waals surface area contributed by atoms with Crippen LogP contribution >= 0.6 is 15.9 Å². The second kappa shape index (κ2) is 8.44. The first-order chi connectivity index (χ1) is 16.0. The number of halogens is 3. The van der Waals surface area contributed by atoms with Crippen molar-refractivity contribution in [1.29, 1.82) is 5.26 Å². The number of rotatable bonds is 3. The zero-order valence-electron chi connectivity index (χ0n) is 18.7. The zero-order valence-corrected chi connectivity index (χ0v) is 20.3. The molecule has 176 valence electrons. The summed E-state index contributed by atoms with van der Waals surface area (Å²) in [6, 6.07) is 8.30. The largest absolute Gasteiger partial charge is 0.503 e. The van der Waals surface area contributed by atoms with E-state index in [4.69, 9.17) is 10.5 Å². The smallest absolute Gasteiger partial charge is 0.172 e. The fraction of sp³-hybridized carbons (Fsp3) is 0.280. The van der Waals surface area contributed by atoms with Gasteiger partial charge in [-0.15, -0.1) is 0 Å². The molecule has 2 aromatic carbocycles. The van der Waals surface area contributed by atoms with E-state index in [9.17, 15) is 23.9 Å². The number of allylic oxidation sites excluding steroid dienone is 3. The highest BCUT2D eigenvalue weighted by molar-refractivity contribution is 9.10. The number of methoxy groups -OCH3 is 1. The molecule has 1 atom stereocenters. The molecule has 0 saturated heterocycles. The lowest BCUT2D eigenvalue weighted by atomic mass is 9.68. The third kappa shape index (κ3) is 3.82. The molecule has 0 spiro atoms. The van der Waals surface area contributed by atoms with Crippen molar-refractivity contribution in [2.24, 2.45) is 11.1 Å². The van der Waals surface area contributed by atoms with Crippen molar-refractivity contribution in [2.75, 3.05) is 12.0 Å². The van der Waals surface area contributed by atoms with Crippen molar-refractivity contribution in [3.05, 3.63) is 74.7 Å². The lowest BCUT2D eigenvalue weighted by molar-refractivity contribution is -0.118. The summed E-state index contributed by atoms with van der Waals surface area (Å²) in [7, 11) is 1.39. The Labute approximate surface area is 204 Å². The van der Waals surface area contributed by atoms with Crippen molar-refractivity contribution in [3.63, 3.8) is 0 Å². The number of aromatic hydroxyl groups is 1. The van der Waals surface area contributed by atoms with Gasteiger partial charge in [0.15, 0.2) is 17.3 Å². The van der Waals surface area contributed by atoms with E-state index in [1.165, 1.54) is 18.1 Å². The van der Waals surface area contributed by atoms with Crippen molar-refractivity contribution in [1.82, 2.24) is 0 Å². The lowest BCUT2D eigenvalue weighted by Crippen LogP contribution is -2.42. The number of carbonyl (C=O) groups is 1. The van der Waals surface area contributed by atoms with E-state index < -0.39 is 23.0 Å². The first-order valence-electron chi connectivity index (χ1n) is 10.5. The number of Topliss-reactive ketones (excluding diaryl/α,β-unsaturated/α-hetero) is 1. The number of hydrogen-bond donors (Lipinski definition) is 2. The Balaban J connectivity index is 2.04. The molecule has 0 saturated carbocycles. The average molecular weight is 530 g/mol. The third-order valence-corrected chi connectivity index (χ3v) is 6.74. The van der Waals surface area contributed by atoms with Crippen molar-refractivity contribution < 1.29 is 23.4 Å². The molecule has 0 fully saturated rings. The summed E-state index contributed by atoms with van der Waals surface area (Å²) in [5.41, 5.74) is 7.27. The SMILES string of the molecule is COc1cc(C2C(C#N)=C(N)N(c3ccc(F)cc3F)C3=C2C(=O)CC(C)(C)C3)cc(Br)c1O. The van der Waals surface area contributed by atoms with Crippen molar-refractivity contribution >= 4 is 27.4 Å². The second-order valence-corrected chi connectivity index (χ2v) is 9.98. The summed E-state index contributed by atoms with van der Waals surface area (Å²) in [6.45, 7) is 3.84. The van der Waals surface area contributed by atoms with E-state index in [2.05, 4.69) is 22.0 Å². The fourth-order valence-electron chi connectivity index (χ4n) is 4.70. The van der Waals surface area contributed by atoms with Crippen LogP contribution in [-0.4, -0.2) is 18.0 Å². The quantitative estimate of drug-likeness (QED) is 0.553. The minimum absolute atomic E-state index is 0.0372. The maximum Gasteiger partial charge on any atom is 0.172 e. The highest BCUT2D eigenvalue weighted by Crippen LogP contribution is 2.51. The van der Waals surface area contributed by atoms with Crippen LogP contribution < -0.4 is 15.4 Å². The number of benzene rings is 2. The van der Waals surface area contributed by atoms with Gasteiger partial charge in [0.2, 0.25) is 0 Å². The Bertz CT molecular complexity index is 1330. The fourth-order valence-corrected chi connectivity index (χ4v) is 5.16. The summed E-state index contributed by atoms with van der Waals surface area (Å²) in [6.07, 6.45) is 0.592. The molecule has 34 heavy (non-hydrogen) atoms. The molecule has 1 aliphatic heterocycles. The Morgan fingerprint density at radius 2 is 1.97 bits per heavy atom. The van der Waals surface area contributed by atoms with E-state index in [0.717, 1.165) is 12.1 Å². The molecule has 4 rings (SSSR count). The Morgan fingerprint density at radius 1 is 1.26 bits per heavy atom. The molecule has 2 aromatic rings. The van der Waals surface area contributed by atoms with Gasteiger partial charge in [0, 0.05) is 23.8 Å². The van der Waals surface area contributed by atoms with E-state index in [1.54, 1.807) is 12.1 Å². The number of nitriles is 1. The van der Waals surface area contributed by atoms with E-state index >= 15 is 0 Å². The Kier molecular flexibility index (Phi) is 5.90. The number of nitrogens with zero attached hydrogens (tertiary/aromatic N) is 2. The van der Waals surface area contributed by atoms with E-state index in [0.29, 0.717) is 27.7 Å². The monoisotopic (exact) mass is 529 g/mol. The van der Waals surface area contributed by atoms with Gasteiger partial charge in [0.05, 0.1) is 34.8 Å². The van der Waals surface area contributed by atoms with Gasteiger partial charge in [-0.2, -0.15) is 5.26 Å². The van der Waals surface area contributed by atoms with Crippen LogP contribution in [0.25, 0.3) is 0 Å². The predicted molar refractivity (Wildman–Crippen MR) is 126 cm³/mol. The van der Waals surface area contributed by atoms with Gasteiger partial charge >= 0.3 is 0 Å². The van der Waals surface area contributed by atoms with Crippen LogP contribution in [0.4, 0.5) is 14.5 Å². The maximum atomic E-state index is 14.9. The van der Waals surface area contributed by atoms with Gasteiger partial charge in [0.25, 0.3) is 0 Å². The number of phenolic OH excluding ortho intramolecular Hbond substituents is 1. The minimum atomic E-state index is -0.865. The van der Waals surface area contributed by atoms with Gasteiger partial charge in [-0.05, 0) is 57.6 Å². The molecular formula is C25H22BrF2N3O3. The summed E-state index contributed by atoms with van der Waals surface area (Å²) in [5.74, 6) is -2.70. The first kappa shape index (κ1) is 23.8. The van der Waals surface area contributed by atoms with Crippen LogP contribution in [-0.2, 0) is 4.79 Å². The van der Waals surface area contributed by atoms with Gasteiger partial charge < -0.3 is 15.6 Å². The molecule has 0 radical (unpaired) electrons. The van der Waals surface area contributed by atoms with Gasteiger partial charge in [0.1, 0.15) is 17.5 Å². The Hall–Kier alpha value is -3.38. The van der Waals surface area contributed by atoms with Crippen LogP contribution in [0.15, 0.2) is 57.5 Å². The van der Waals surface area contributed by atoms with Gasteiger partial charge in [-0.25, -0.2) is 8.78 Å². The normalized spacial score (nSPS) is 19.7. The zero-order chi connectivity index (χ0) is 24.9. The van der Waals surface area contributed by atoms with Crippen LogP contribution in [0.3, 0.4) is 0 Å².